The number of nitrogens with zero attached hydrogens (tertiary/aromatic N) is 2. The van der Waals surface area contributed by atoms with Gasteiger partial charge in [-0.05, 0) is 37.1 Å². The van der Waals surface area contributed by atoms with Gasteiger partial charge >= 0.3 is 0 Å². The van der Waals surface area contributed by atoms with Crippen molar-refractivity contribution in [2.75, 3.05) is 6.54 Å². The van der Waals surface area contributed by atoms with E-state index >= 15 is 0 Å². The van der Waals surface area contributed by atoms with Gasteiger partial charge in [0.05, 0.1) is 5.69 Å². The summed E-state index contributed by atoms with van der Waals surface area (Å²) in [4.78, 5) is 13.9. The first kappa shape index (κ1) is 12.9. The Morgan fingerprint density at radius 1 is 1.41 bits per heavy atom. The van der Waals surface area contributed by atoms with E-state index < -0.39 is 5.03 Å². The predicted molar refractivity (Wildman–Crippen MR) is 65.2 cm³/mol. The molecule has 1 rings (SSSR count). The molecule has 0 aliphatic heterocycles. The van der Waals surface area contributed by atoms with Crippen molar-refractivity contribution < 1.29 is 5.03 Å². The molecule has 1 aromatic carbocycles. The molecule has 0 aromatic heterocycles. The van der Waals surface area contributed by atoms with E-state index in [1.807, 2.05) is 12.1 Å². The number of nitro groups is 1. The first-order valence-electron chi connectivity index (χ1n) is 5.16. The molecule has 0 spiro atoms. The van der Waals surface area contributed by atoms with Crippen LogP contribution in [0.25, 0.3) is 0 Å². The number of hydrogen-bond acceptors (Lipinski definition) is 4. The van der Waals surface area contributed by atoms with Crippen molar-refractivity contribution in [2.45, 2.75) is 12.8 Å². The molecule has 1 aromatic rings. The molecule has 0 aliphatic rings. The molecule has 0 aliphatic carbocycles. The first-order valence-corrected chi connectivity index (χ1v) is 5.16. The maximum Gasteiger partial charge on any atom is 0.256 e. The number of hydrogen-bond donors (Lipinski definition) is 3. The van der Waals surface area contributed by atoms with E-state index in [0.717, 1.165) is 18.4 Å². The second kappa shape index (κ2) is 6.44. The van der Waals surface area contributed by atoms with Gasteiger partial charge in [0, 0.05) is 0 Å². The lowest BCUT2D eigenvalue weighted by Gasteiger charge is -2.01. The first-order chi connectivity index (χ1) is 8.11. The van der Waals surface area contributed by atoms with Crippen LogP contribution in [0.5, 0.6) is 0 Å². The summed E-state index contributed by atoms with van der Waals surface area (Å²) in [5, 5.41) is 9.34. The van der Waals surface area contributed by atoms with Crippen molar-refractivity contribution in [3.63, 3.8) is 0 Å². The summed E-state index contributed by atoms with van der Waals surface area (Å²) in [5.74, 6) is -0.246. The van der Waals surface area contributed by atoms with Crippen molar-refractivity contribution in [2.24, 2.45) is 16.5 Å². The van der Waals surface area contributed by atoms with Gasteiger partial charge in [0.1, 0.15) is 0 Å². The molecule has 7 nitrogen and oxygen atoms in total. The van der Waals surface area contributed by atoms with E-state index in [0.29, 0.717) is 12.2 Å². The molecule has 17 heavy (non-hydrogen) atoms. The molecule has 5 N–H and O–H groups in total. The summed E-state index contributed by atoms with van der Waals surface area (Å²) in [7, 11) is 0. The summed E-state index contributed by atoms with van der Waals surface area (Å²) in [6, 6.07) is 7.29. The van der Waals surface area contributed by atoms with Crippen molar-refractivity contribution >= 4 is 11.6 Å². The standard InChI is InChI=1S/C10H15N5O2/c11-7-1-2-8-3-5-9(6-4-8)13-10(12)14-15(16)17/h3-6H,1-2,7,11H2,(H3,12,13,14). The van der Waals surface area contributed by atoms with Gasteiger partial charge in [0.15, 0.2) is 5.03 Å². The lowest BCUT2D eigenvalue weighted by atomic mass is 10.1. The monoisotopic (exact) mass is 237 g/mol. The van der Waals surface area contributed by atoms with Crippen LogP contribution in [0.3, 0.4) is 0 Å². The van der Waals surface area contributed by atoms with Gasteiger partial charge in [-0.3, -0.25) is 0 Å². The van der Waals surface area contributed by atoms with Crippen LogP contribution in [-0.4, -0.2) is 17.5 Å². The lowest BCUT2D eigenvalue weighted by molar-refractivity contribution is -0.525. The number of nitrogens with one attached hydrogen (secondary N) is 1. The molecule has 0 atom stereocenters. The molecule has 0 amide bonds. The van der Waals surface area contributed by atoms with Crippen LogP contribution in [0.1, 0.15) is 12.0 Å². The highest BCUT2D eigenvalue weighted by atomic mass is 16.7. The van der Waals surface area contributed by atoms with Gasteiger partial charge in [-0.25, -0.2) is 15.1 Å². The topological polar surface area (TPSA) is 120 Å². The van der Waals surface area contributed by atoms with Gasteiger partial charge in [-0.15, -0.1) is 0 Å². The highest BCUT2D eigenvalue weighted by molar-refractivity contribution is 5.79. The van der Waals surface area contributed by atoms with E-state index in [4.69, 9.17) is 11.5 Å². The number of nitrogens with two attached hydrogens (primary N) is 2. The number of aliphatic imine (C=N–C) groups is 1. The number of hydrazine groups is 1. The minimum Gasteiger partial charge on any atom is -0.365 e. The summed E-state index contributed by atoms with van der Waals surface area (Å²) < 4.78 is 0. The van der Waals surface area contributed by atoms with Crippen molar-refractivity contribution in [3.05, 3.63) is 39.9 Å². The number of rotatable bonds is 5. The smallest absolute Gasteiger partial charge is 0.256 e. The van der Waals surface area contributed by atoms with Crippen LogP contribution in [0, 0.1) is 10.1 Å². The second-order valence-corrected chi connectivity index (χ2v) is 3.42. The van der Waals surface area contributed by atoms with Gasteiger partial charge in [-0.1, -0.05) is 17.6 Å². The Hall–Kier alpha value is -2.15. The van der Waals surface area contributed by atoms with Gasteiger partial charge in [0.2, 0.25) is 0 Å². The molecule has 0 radical (unpaired) electrons. The van der Waals surface area contributed by atoms with E-state index in [1.165, 1.54) is 0 Å². The van der Waals surface area contributed by atoms with E-state index in [-0.39, 0.29) is 5.96 Å². The molecule has 0 saturated carbocycles. The Kier molecular flexibility index (Phi) is 4.89. The minimum absolute atomic E-state index is 0.246. The fourth-order valence-electron chi connectivity index (χ4n) is 1.30. The molecule has 7 heteroatoms. The molecular weight excluding hydrogens is 222 g/mol. The predicted octanol–water partition coefficient (Wildman–Crippen LogP) is 0.305. The maximum atomic E-state index is 10.1. The molecule has 0 bridgehead atoms. The van der Waals surface area contributed by atoms with Crippen molar-refractivity contribution in [1.29, 1.82) is 0 Å². The summed E-state index contributed by atoms with van der Waals surface area (Å²) in [5.41, 5.74) is 14.2. The Morgan fingerprint density at radius 2 is 2.06 bits per heavy atom. The van der Waals surface area contributed by atoms with Crippen LogP contribution < -0.4 is 16.9 Å². The zero-order valence-corrected chi connectivity index (χ0v) is 9.30. The Morgan fingerprint density at radius 3 is 2.59 bits per heavy atom. The largest absolute Gasteiger partial charge is 0.365 e. The van der Waals surface area contributed by atoms with Gasteiger partial charge < -0.3 is 11.5 Å². The van der Waals surface area contributed by atoms with E-state index in [2.05, 4.69) is 4.99 Å². The average Bonchev–Trinajstić information content (AvgIpc) is 2.27. The molecule has 0 heterocycles. The third-order valence-corrected chi connectivity index (χ3v) is 2.06. The Labute approximate surface area is 98.6 Å². The third kappa shape index (κ3) is 4.94. The summed E-state index contributed by atoms with van der Waals surface area (Å²) in [6.07, 6.45) is 1.83. The van der Waals surface area contributed by atoms with E-state index in [1.54, 1.807) is 17.6 Å². The molecular formula is C10H15N5O2. The summed E-state index contributed by atoms with van der Waals surface area (Å²) in [6.45, 7) is 0.652. The van der Waals surface area contributed by atoms with E-state index in [9.17, 15) is 10.1 Å². The zero-order valence-electron chi connectivity index (χ0n) is 9.30. The van der Waals surface area contributed by atoms with Crippen LogP contribution in [-0.2, 0) is 6.42 Å². The van der Waals surface area contributed by atoms with Gasteiger partial charge in [0.25, 0.3) is 5.96 Å². The average molecular weight is 237 g/mol. The van der Waals surface area contributed by atoms with Crippen molar-refractivity contribution in [1.82, 2.24) is 5.43 Å². The fraction of sp³-hybridized carbons (Fsp3) is 0.300. The molecule has 0 fully saturated rings. The number of benzene rings is 1. The fourth-order valence-corrected chi connectivity index (χ4v) is 1.30. The number of guanidine groups is 1. The van der Waals surface area contributed by atoms with Crippen LogP contribution >= 0.6 is 0 Å². The Bertz CT molecular complexity index is 402. The van der Waals surface area contributed by atoms with Crippen molar-refractivity contribution in [3.8, 4) is 0 Å². The second-order valence-electron chi connectivity index (χ2n) is 3.42. The highest BCUT2D eigenvalue weighted by Crippen LogP contribution is 2.13. The summed E-state index contributed by atoms with van der Waals surface area (Å²) >= 11 is 0. The maximum absolute atomic E-state index is 10.1. The third-order valence-electron chi connectivity index (χ3n) is 2.06. The van der Waals surface area contributed by atoms with Gasteiger partial charge in [-0.2, -0.15) is 0 Å². The zero-order chi connectivity index (χ0) is 12.7. The van der Waals surface area contributed by atoms with Crippen LogP contribution in [0.15, 0.2) is 29.3 Å². The van der Waals surface area contributed by atoms with Crippen LogP contribution in [0.4, 0.5) is 5.69 Å². The highest BCUT2D eigenvalue weighted by Gasteiger charge is 1.99. The molecule has 92 valence electrons. The molecule has 0 unspecified atom stereocenters. The Balaban J connectivity index is 2.64. The quantitative estimate of drug-likeness (QED) is 0.294. The normalized spacial score (nSPS) is 11.2. The number of aryl methyl sites for hydroxylation is 1. The minimum atomic E-state index is -0.756. The SMILES string of the molecule is NCCCc1ccc(N=C(N)N[N+](=O)[O-])cc1. The van der Waals surface area contributed by atoms with Crippen LogP contribution in [0.2, 0.25) is 0 Å². The lowest BCUT2D eigenvalue weighted by Crippen LogP contribution is -2.35. The molecule has 0 saturated heterocycles.